The molecule has 0 amide bonds. The summed E-state index contributed by atoms with van der Waals surface area (Å²) in [5.41, 5.74) is 4.45. The Kier molecular flexibility index (Phi) is 5.57. The summed E-state index contributed by atoms with van der Waals surface area (Å²) in [7, 11) is 0. The Balaban J connectivity index is 1.77. The summed E-state index contributed by atoms with van der Waals surface area (Å²) < 4.78 is 12.1. The van der Waals surface area contributed by atoms with Crippen molar-refractivity contribution in [3.63, 3.8) is 0 Å². The number of esters is 1. The number of carbonyl (C=O) groups excluding carboxylic acids is 1. The number of aromatic nitrogens is 1. The van der Waals surface area contributed by atoms with Crippen LogP contribution in [0.25, 0.3) is 11.3 Å². The molecular formula is C21H20BrNO3. The first kappa shape index (κ1) is 18.4. The van der Waals surface area contributed by atoms with Crippen molar-refractivity contribution in [1.29, 1.82) is 0 Å². The molecule has 134 valence electrons. The summed E-state index contributed by atoms with van der Waals surface area (Å²) in [4.78, 5) is 12.5. The first-order chi connectivity index (χ1) is 12.5. The van der Waals surface area contributed by atoms with Gasteiger partial charge in [-0.15, -0.1) is 0 Å². The monoisotopic (exact) mass is 413 g/mol. The van der Waals surface area contributed by atoms with Gasteiger partial charge in [0, 0.05) is 15.6 Å². The van der Waals surface area contributed by atoms with Crippen LogP contribution in [0.5, 0.6) is 0 Å². The Morgan fingerprint density at radius 2 is 1.85 bits per heavy atom. The molecule has 1 heterocycles. The second kappa shape index (κ2) is 7.87. The summed E-state index contributed by atoms with van der Waals surface area (Å²) in [6.45, 7) is 5.73. The number of ether oxygens (including phenoxy) is 1. The SMILES string of the molecule is Cc1ccccc1[C@@H](C)OC(=O)Cc1c(C)noc1-c1ccc(Br)cc1. The molecule has 0 aliphatic carbocycles. The summed E-state index contributed by atoms with van der Waals surface area (Å²) in [6.07, 6.45) is -0.184. The molecule has 1 aromatic heterocycles. The molecule has 0 saturated heterocycles. The van der Waals surface area contributed by atoms with Crippen LogP contribution in [0, 0.1) is 13.8 Å². The molecule has 0 aliphatic rings. The van der Waals surface area contributed by atoms with Crippen LogP contribution < -0.4 is 0 Å². The molecule has 0 aliphatic heterocycles. The van der Waals surface area contributed by atoms with Gasteiger partial charge in [0.1, 0.15) is 6.10 Å². The number of aryl methyl sites for hydroxylation is 2. The van der Waals surface area contributed by atoms with Crippen molar-refractivity contribution < 1.29 is 14.1 Å². The van der Waals surface area contributed by atoms with Crippen molar-refractivity contribution in [3.05, 3.63) is 75.4 Å². The minimum absolute atomic E-state index is 0.122. The van der Waals surface area contributed by atoms with Crippen LogP contribution in [0.4, 0.5) is 0 Å². The third kappa shape index (κ3) is 4.05. The molecule has 0 spiro atoms. The van der Waals surface area contributed by atoms with Crippen molar-refractivity contribution in [2.24, 2.45) is 0 Å². The van der Waals surface area contributed by atoms with E-state index in [0.717, 1.165) is 26.7 Å². The van der Waals surface area contributed by atoms with Crippen molar-refractivity contribution >= 4 is 21.9 Å². The summed E-state index contributed by atoms with van der Waals surface area (Å²) >= 11 is 3.42. The maximum Gasteiger partial charge on any atom is 0.311 e. The van der Waals surface area contributed by atoms with Crippen molar-refractivity contribution in [3.8, 4) is 11.3 Å². The zero-order valence-electron chi connectivity index (χ0n) is 15.0. The first-order valence-corrected chi connectivity index (χ1v) is 9.21. The smallest absolute Gasteiger partial charge is 0.311 e. The average molecular weight is 414 g/mol. The normalized spacial score (nSPS) is 12.0. The van der Waals surface area contributed by atoms with Gasteiger partial charge in [0.05, 0.1) is 12.1 Å². The van der Waals surface area contributed by atoms with Gasteiger partial charge in [0.25, 0.3) is 0 Å². The lowest BCUT2D eigenvalue weighted by molar-refractivity contribution is -0.147. The summed E-state index contributed by atoms with van der Waals surface area (Å²) in [6, 6.07) is 15.6. The molecule has 3 aromatic rings. The van der Waals surface area contributed by atoms with Gasteiger partial charge in [-0.2, -0.15) is 0 Å². The Bertz CT molecular complexity index is 915. The maximum absolute atomic E-state index is 12.5. The largest absolute Gasteiger partial charge is 0.458 e. The van der Waals surface area contributed by atoms with E-state index >= 15 is 0 Å². The second-order valence-corrected chi connectivity index (χ2v) is 7.16. The van der Waals surface area contributed by atoms with Crippen molar-refractivity contribution in [2.75, 3.05) is 0 Å². The lowest BCUT2D eigenvalue weighted by Crippen LogP contribution is -2.13. The van der Waals surface area contributed by atoms with Crippen LogP contribution in [0.3, 0.4) is 0 Å². The van der Waals surface area contributed by atoms with E-state index in [0.29, 0.717) is 11.5 Å². The fourth-order valence-electron chi connectivity index (χ4n) is 2.91. The van der Waals surface area contributed by atoms with E-state index in [2.05, 4.69) is 21.1 Å². The van der Waals surface area contributed by atoms with Crippen molar-refractivity contribution in [1.82, 2.24) is 5.16 Å². The van der Waals surface area contributed by atoms with Gasteiger partial charge in [0.15, 0.2) is 5.76 Å². The Hall–Kier alpha value is -2.40. The predicted octanol–water partition coefficient (Wildman–Crippen LogP) is 5.57. The molecule has 0 N–H and O–H groups in total. The number of carbonyl (C=O) groups is 1. The highest BCUT2D eigenvalue weighted by Gasteiger charge is 2.21. The van der Waals surface area contributed by atoms with Gasteiger partial charge >= 0.3 is 5.97 Å². The van der Waals surface area contributed by atoms with Crippen LogP contribution in [0.1, 0.15) is 35.4 Å². The highest BCUT2D eigenvalue weighted by atomic mass is 79.9. The van der Waals surface area contributed by atoms with E-state index in [1.54, 1.807) is 0 Å². The van der Waals surface area contributed by atoms with Crippen LogP contribution in [0.15, 0.2) is 57.5 Å². The highest BCUT2D eigenvalue weighted by Crippen LogP contribution is 2.29. The topological polar surface area (TPSA) is 52.3 Å². The number of nitrogens with zero attached hydrogens (tertiary/aromatic N) is 1. The average Bonchev–Trinajstić information content (AvgIpc) is 2.96. The molecule has 0 bridgehead atoms. The van der Waals surface area contributed by atoms with Crippen molar-refractivity contribution in [2.45, 2.75) is 33.3 Å². The van der Waals surface area contributed by atoms with E-state index in [1.165, 1.54) is 0 Å². The van der Waals surface area contributed by atoms with E-state index in [9.17, 15) is 4.79 Å². The number of rotatable bonds is 5. The zero-order chi connectivity index (χ0) is 18.7. The minimum atomic E-state index is -0.306. The highest BCUT2D eigenvalue weighted by molar-refractivity contribution is 9.10. The third-order valence-electron chi connectivity index (χ3n) is 4.35. The molecular weight excluding hydrogens is 394 g/mol. The summed E-state index contributed by atoms with van der Waals surface area (Å²) in [5.74, 6) is 0.306. The second-order valence-electron chi connectivity index (χ2n) is 6.25. The van der Waals surface area contributed by atoms with Crippen LogP contribution in [-0.4, -0.2) is 11.1 Å². The van der Waals surface area contributed by atoms with E-state index < -0.39 is 0 Å². The van der Waals surface area contributed by atoms with Crippen LogP contribution in [-0.2, 0) is 16.0 Å². The van der Waals surface area contributed by atoms with E-state index in [-0.39, 0.29) is 18.5 Å². The number of benzene rings is 2. The lowest BCUT2D eigenvalue weighted by Gasteiger charge is -2.15. The number of halogens is 1. The Labute approximate surface area is 161 Å². The molecule has 1 atom stereocenters. The zero-order valence-corrected chi connectivity index (χ0v) is 16.5. The molecule has 0 saturated carbocycles. The van der Waals surface area contributed by atoms with Gasteiger partial charge in [0.2, 0.25) is 0 Å². The van der Waals surface area contributed by atoms with Gasteiger partial charge in [-0.05, 0) is 44.0 Å². The number of hydrogen-bond acceptors (Lipinski definition) is 4. The molecule has 3 rings (SSSR count). The van der Waals surface area contributed by atoms with Gasteiger partial charge in [-0.3, -0.25) is 4.79 Å². The third-order valence-corrected chi connectivity index (χ3v) is 4.88. The van der Waals surface area contributed by atoms with E-state index in [1.807, 2.05) is 69.3 Å². The molecule has 4 nitrogen and oxygen atoms in total. The molecule has 2 aromatic carbocycles. The summed E-state index contributed by atoms with van der Waals surface area (Å²) in [5, 5.41) is 4.03. The quantitative estimate of drug-likeness (QED) is 0.513. The molecule has 5 heteroatoms. The van der Waals surface area contributed by atoms with Gasteiger partial charge < -0.3 is 9.26 Å². The van der Waals surface area contributed by atoms with E-state index in [4.69, 9.17) is 9.26 Å². The Morgan fingerprint density at radius 1 is 1.15 bits per heavy atom. The standard InChI is InChI=1S/C21H20BrNO3/c1-13-6-4-5-7-18(13)15(3)25-20(24)12-19-14(2)23-26-21(19)16-8-10-17(22)11-9-16/h4-11,15H,12H2,1-3H3/t15-/m1/s1. The number of hydrogen-bond donors (Lipinski definition) is 0. The van der Waals surface area contributed by atoms with Crippen LogP contribution >= 0.6 is 15.9 Å². The minimum Gasteiger partial charge on any atom is -0.458 e. The lowest BCUT2D eigenvalue weighted by atomic mass is 10.0. The maximum atomic E-state index is 12.5. The van der Waals surface area contributed by atoms with Gasteiger partial charge in [-0.1, -0.05) is 57.5 Å². The van der Waals surface area contributed by atoms with Crippen LogP contribution in [0.2, 0.25) is 0 Å². The Morgan fingerprint density at radius 3 is 2.54 bits per heavy atom. The molecule has 0 unspecified atom stereocenters. The fourth-order valence-corrected chi connectivity index (χ4v) is 3.18. The molecule has 0 radical (unpaired) electrons. The fraction of sp³-hybridized carbons (Fsp3) is 0.238. The molecule has 0 fully saturated rings. The van der Waals surface area contributed by atoms with Gasteiger partial charge in [-0.25, -0.2) is 0 Å². The predicted molar refractivity (Wildman–Crippen MR) is 104 cm³/mol. The first-order valence-electron chi connectivity index (χ1n) is 8.42. The molecule has 26 heavy (non-hydrogen) atoms.